The van der Waals surface area contributed by atoms with Crippen LogP contribution in [-0.4, -0.2) is 19.0 Å². The fraction of sp³-hybridized carbons (Fsp3) is 0.909. The van der Waals surface area contributed by atoms with Crippen molar-refractivity contribution in [3.63, 3.8) is 0 Å². The average molecular weight is 200 g/mol. The number of amides is 1. The van der Waals surface area contributed by atoms with Crippen LogP contribution in [0.5, 0.6) is 0 Å². The Bertz CT molecular complexity index is 157. The van der Waals surface area contributed by atoms with Crippen molar-refractivity contribution in [3.8, 4) is 0 Å². The van der Waals surface area contributed by atoms with Gasteiger partial charge < -0.3 is 11.1 Å². The molecule has 0 aromatic heterocycles. The normalized spacial score (nSPS) is 12.9. The Labute approximate surface area is 87.4 Å². The molecule has 14 heavy (non-hydrogen) atoms. The van der Waals surface area contributed by atoms with Crippen LogP contribution in [-0.2, 0) is 4.79 Å². The summed E-state index contributed by atoms with van der Waals surface area (Å²) in [4.78, 5) is 11.3. The average Bonchev–Trinajstić information content (AvgIpc) is 2.13. The molecule has 1 amide bonds. The van der Waals surface area contributed by atoms with Gasteiger partial charge >= 0.3 is 0 Å². The van der Waals surface area contributed by atoms with E-state index in [1.165, 1.54) is 0 Å². The molecule has 1 unspecified atom stereocenters. The van der Waals surface area contributed by atoms with Gasteiger partial charge in [-0.15, -0.1) is 0 Å². The van der Waals surface area contributed by atoms with Crippen LogP contribution in [0.3, 0.4) is 0 Å². The number of hydrogen-bond donors (Lipinski definition) is 2. The van der Waals surface area contributed by atoms with E-state index in [2.05, 4.69) is 26.1 Å². The lowest BCUT2D eigenvalue weighted by Gasteiger charge is -2.09. The van der Waals surface area contributed by atoms with Gasteiger partial charge in [-0.1, -0.05) is 20.8 Å². The largest absolute Gasteiger partial charge is 0.356 e. The Balaban J connectivity index is 3.37. The summed E-state index contributed by atoms with van der Waals surface area (Å²) in [5.74, 6) is 1.26. The van der Waals surface area contributed by atoms with Crippen molar-refractivity contribution in [2.24, 2.45) is 17.6 Å². The molecule has 0 aliphatic rings. The number of nitrogens with two attached hydrogens (primary N) is 1. The van der Waals surface area contributed by atoms with Crippen molar-refractivity contribution >= 4 is 5.91 Å². The van der Waals surface area contributed by atoms with E-state index < -0.39 is 0 Å². The summed E-state index contributed by atoms with van der Waals surface area (Å²) in [6.07, 6.45) is 2.55. The van der Waals surface area contributed by atoms with Gasteiger partial charge in [0.25, 0.3) is 0 Å². The molecule has 0 radical (unpaired) electrons. The molecule has 1 atom stereocenters. The van der Waals surface area contributed by atoms with Crippen molar-refractivity contribution in [1.29, 1.82) is 0 Å². The van der Waals surface area contributed by atoms with Gasteiger partial charge in [-0.25, -0.2) is 0 Å². The lowest BCUT2D eigenvalue weighted by molar-refractivity contribution is -0.121. The lowest BCUT2D eigenvalue weighted by atomic mass is 10.1. The van der Waals surface area contributed by atoms with E-state index in [1.54, 1.807) is 0 Å². The van der Waals surface area contributed by atoms with Gasteiger partial charge in [-0.2, -0.15) is 0 Å². The van der Waals surface area contributed by atoms with Gasteiger partial charge in [0.05, 0.1) is 0 Å². The third-order valence-electron chi connectivity index (χ3n) is 2.31. The molecular weight excluding hydrogens is 176 g/mol. The maximum Gasteiger partial charge on any atom is 0.220 e. The van der Waals surface area contributed by atoms with E-state index in [0.29, 0.717) is 24.8 Å². The quantitative estimate of drug-likeness (QED) is 0.654. The molecule has 0 aromatic rings. The van der Waals surface area contributed by atoms with Crippen LogP contribution in [0.1, 0.15) is 40.0 Å². The van der Waals surface area contributed by atoms with E-state index in [1.807, 2.05) is 0 Å². The van der Waals surface area contributed by atoms with Crippen molar-refractivity contribution < 1.29 is 4.79 Å². The highest BCUT2D eigenvalue weighted by molar-refractivity contribution is 5.75. The third kappa shape index (κ3) is 8.05. The van der Waals surface area contributed by atoms with Gasteiger partial charge in [0, 0.05) is 13.0 Å². The smallest absolute Gasteiger partial charge is 0.220 e. The molecule has 3 heteroatoms. The molecule has 84 valence electrons. The Morgan fingerprint density at radius 3 is 2.43 bits per heavy atom. The molecule has 3 N–H and O–H groups in total. The Hall–Kier alpha value is -0.570. The molecule has 0 saturated carbocycles. The summed E-state index contributed by atoms with van der Waals surface area (Å²) in [7, 11) is 0. The molecule has 0 heterocycles. The van der Waals surface area contributed by atoms with E-state index in [4.69, 9.17) is 5.73 Å². The Morgan fingerprint density at radius 1 is 1.29 bits per heavy atom. The molecule has 0 rings (SSSR count). The van der Waals surface area contributed by atoms with Crippen LogP contribution in [0.25, 0.3) is 0 Å². The minimum atomic E-state index is 0.158. The summed E-state index contributed by atoms with van der Waals surface area (Å²) in [6.45, 7) is 7.85. The number of rotatable bonds is 7. The molecule has 0 aliphatic carbocycles. The van der Waals surface area contributed by atoms with Crippen molar-refractivity contribution in [2.45, 2.75) is 40.0 Å². The van der Waals surface area contributed by atoms with Gasteiger partial charge in [0.1, 0.15) is 0 Å². The van der Waals surface area contributed by atoms with E-state index in [0.717, 1.165) is 19.4 Å². The first kappa shape index (κ1) is 13.4. The van der Waals surface area contributed by atoms with E-state index in [9.17, 15) is 4.79 Å². The lowest BCUT2D eigenvalue weighted by Crippen LogP contribution is -2.26. The van der Waals surface area contributed by atoms with Crippen LogP contribution >= 0.6 is 0 Å². The summed E-state index contributed by atoms with van der Waals surface area (Å²) < 4.78 is 0. The van der Waals surface area contributed by atoms with Crippen LogP contribution in [0.4, 0.5) is 0 Å². The zero-order valence-corrected chi connectivity index (χ0v) is 9.68. The molecule has 0 spiro atoms. The van der Waals surface area contributed by atoms with Gasteiger partial charge in [0.2, 0.25) is 5.91 Å². The predicted octanol–water partition coefficient (Wildman–Crippen LogP) is 1.52. The first-order valence-electron chi connectivity index (χ1n) is 5.53. The zero-order chi connectivity index (χ0) is 11.0. The van der Waals surface area contributed by atoms with Crippen LogP contribution in [0.2, 0.25) is 0 Å². The van der Waals surface area contributed by atoms with E-state index in [-0.39, 0.29) is 5.91 Å². The first-order chi connectivity index (χ1) is 6.56. The number of carbonyl (C=O) groups is 1. The molecule has 3 nitrogen and oxygen atoms in total. The number of carbonyl (C=O) groups excluding carboxylic acids is 1. The number of nitrogens with one attached hydrogen (secondary N) is 1. The molecule has 0 aliphatic heterocycles. The molecule has 0 saturated heterocycles. The van der Waals surface area contributed by atoms with Crippen molar-refractivity contribution in [1.82, 2.24) is 5.32 Å². The second-order valence-electron chi connectivity index (χ2n) is 4.41. The van der Waals surface area contributed by atoms with Crippen molar-refractivity contribution in [3.05, 3.63) is 0 Å². The highest BCUT2D eigenvalue weighted by atomic mass is 16.1. The van der Waals surface area contributed by atoms with Crippen LogP contribution in [0, 0.1) is 11.8 Å². The minimum Gasteiger partial charge on any atom is -0.356 e. The van der Waals surface area contributed by atoms with Crippen molar-refractivity contribution in [2.75, 3.05) is 13.1 Å². The minimum absolute atomic E-state index is 0.158. The standard InChI is InChI=1S/C11H24N2O/c1-9(2)6-7-13-11(14)5-4-10(3)8-12/h9-10H,4-8,12H2,1-3H3,(H,13,14). The summed E-state index contributed by atoms with van der Waals surface area (Å²) in [5, 5.41) is 2.91. The maximum absolute atomic E-state index is 11.3. The van der Waals surface area contributed by atoms with Gasteiger partial charge in [0.15, 0.2) is 0 Å². The topological polar surface area (TPSA) is 55.1 Å². The Morgan fingerprint density at radius 2 is 1.93 bits per heavy atom. The third-order valence-corrected chi connectivity index (χ3v) is 2.31. The highest BCUT2D eigenvalue weighted by Gasteiger charge is 2.04. The van der Waals surface area contributed by atoms with E-state index >= 15 is 0 Å². The summed E-state index contributed by atoms with van der Waals surface area (Å²) in [5.41, 5.74) is 5.47. The summed E-state index contributed by atoms with van der Waals surface area (Å²) in [6, 6.07) is 0. The zero-order valence-electron chi connectivity index (χ0n) is 9.68. The highest BCUT2D eigenvalue weighted by Crippen LogP contribution is 2.03. The van der Waals surface area contributed by atoms with Gasteiger partial charge in [-0.3, -0.25) is 4.79 Å². The van der Waals surface area contributed by atoms with Crippen LogP contribution in [0.15, 0.2) is 0 Å². The fourth-order valence-corrected chi connectivity index (χ4v) is 1.08. The Kier molecular flexibility index (Phi) is 7.48. The maximum atomic E-state index is 11.3. The number of hydrogen-bond acceptors (Lipinski definition) is 2. The molecular formula is C11H24N2O. The molecule has 0 aromatic carbocycles. The second-order valence-corrected chi connectivity index (χ2v) is 4.41. The monoisotopic (exact) mass is 200 g/mol. The summed E-state index contributed by atoms with van der Waals surface area (Å²) >= 11 is 0. The SMILES string of the molecule is CC(C)CCNC(=O)CCC(C)CN. The molecule has 0 fully saturated rings. The fourth-order valence-electron chi connectivity index (χ4n) is 1.08. The van der Waals surface area contributed by atoms with Gasteiger partial charge in [-0.05, 0) is 31.2 Å². The van der Waals surface area contributed by atoms with Crippen LogP contribution < -0.4 is 11.1 Å². The predicted molar refractivity (Wildman–Crippen MR) is 59.9 cm³/mol. The second kappa shape index (κ2) is 7.80. The first-order valence-corrected chi connectivity index (χ1v) is 5.53. The molecule has 0 bridgehead atoms.